The van der Waals surface area contributed by atoms with Crippen molar-refractivity contribution in [3.63, 3.8) is 0 Å². The molecular weight excluding hydrogens is 573 g/mol. The molecule has 10 nitrogen and oxygen atoms in total. The van der Waals surface area contributed by atoms with Crippen molar-refractivity contribution in [1.82, 2.24) is 4.90 Å². The zero-order valence-electron chi connectivity index (χ0n) is 22.4. The van der Waals surface area contributed by atoms with Gasteiger partial charge in [0.1, 0.15) is 18.1 Å². The number of aromatic carboxylic acids is 1. The molecule has 41 heavy (non-hydrogen) atoms. The molecule has 1 fully saturated rings. The van der Waals surface area contributed by atoms with E-state index < -0.39 is 12.0 Å². The van der Waals surface area contributed by atoms with Crippen molar-refractivity contribution in [3.8, 4) is 11.5 Å². The molecule has 3 aromatic carbocycles. The number of rotatable bonds is 10. The first-order valence-corrected chi connectivity index (χ1v) is 13.4. The lowest BCUT2D eigenvalue weighted by Crippen LogP contribution is -2.40. The van der Waals surface area contributed by atoms with E-state index >= 15 is 0 Å². The molecule has 3 aromatic rings. The number of carboxylic acid groups (broad SMARTS) is 1. The Kier molecular flexibility index (Phi) is 9.93. The topological polar surface area (TPSA) is 126 Å². The molecule has 3 N–H and O–H groups in total. The molecule has 0 saturated carbocycles. The number of para-hydroxylation sites is 1. The number of carbonyl (C=O) groups excluding carboxylic acids is 2. The van der Waals surface area contributed by atoms with Crippen LogP contribution in [0.5, 0.6) is 11.5 Å². The predicted octanol–water partition coefficient (Wildman–Crippen LogP) is 5.58. The first-order valence-electron chi connectivity index (χ1n) is 12.7. The number of hydrogen-bond donors (Lipinski definition) is 3. The largest absolute Gasteiger partial charge is 0.495 e. The van der Waals surface area contributed by atoms with Crippen LogP contribution >= 0.6 is 23.2 Å². The molecule has 1 aliphatic heterocycles. The Balaban J connectivity index is 1.39. The standard InChI is InChI=1S/C29H29Cl2N3O7/c1-39-21-14-19(16-41-20-9-7-18(8-10-20)28(36)37)34(15-21)26(35)13-17-6-11-24(25(12-17)40-2)32-29(38)33-27-22(30)4-3-5-23(27)31/h3-12,19,21H,13-16H2,1-2H3,(H,36,37)(H2,32,33,38)/t19-,21-/m0/s1. The normalized spacial score (nSPS) is 16.2. The van der Waals surface area contributed by atoms with Crippen LogP contribution in [0.15, 0.2) is 60.7 Å². The van der Waals surface area contributed by atoms with Gasteiger partial charge in [-0.3, -0.25) is 4.79 Å². The molecule has 4 rings (SSSR count). The molecule has 0 aliphatic carbocycles. The minimum Gasteiger partial charge on any atom is -0.495 e. The second-order valence-corrected chi connectivity index (χ2v) is 10.1. The molecule has 0 aromatic heterocycles. The molecule has 0 radical (unpaired) electrons. The molecule has 2 atom stereocenters. The Hall–Kier alpha value is -3.99. The Bertz CT molecular complexity index is 1400. The number of hydrogen-bond acceptors (Lipinski definition) is 6. The number of carboxylic acids is 1. The van der Waals surface area contributed by atoms with Crippen molar-refractivity contribution in [2.75, 3.05) is 38.0 Å². The van der Waals surface area contributed by atoms with Crippen LogP contribution in [-0.2, 0) is 16.0 Å². The first-order chi connectivity index (χ1) is 19.7. The molecule has 0 spiro atoms. The van der Waals surface area contributed by atoms with Gasteiger partial charge < -0.3 is 34.9 Å². The van der Waals surface area contributed by atoms with Gasteiger partial charge in [-0.1, -0.05) is 35.3 Å². The van der Waals surface area contributed by atoms with Crippen molar-refractivity contribution >= 4 is 52.5 Å². The van der Waals surface area contributed by atoms with Gasteiger partial charge in [0.05, 0.1) is 52.7 Å². The van der Waals surface area contributed by atoms with Gasteiger partial charge in [-0.05, 0) is 60.5 Å². The molecule has 1 saturated heterocycles. The highest BCUT2D eigenvalue weighted by Gasteiger charge is 2.35. The van der Waals surface area contributed by atoms with Crippen LogP contribution in [0, 0.1) is 0 Å². The van der Waals surface area contributed by atoms with E-state index in [9.17, 15) is 14.4 Å². The smallest absolute Gasteiger partial charge is 0.335 e. The van der Waals surface area contributed by atoms with Crippen LogP contribution in [0.2, 0.25) is 10.0 Å². The molecule has 0 bridgehead atoms. The Morgan fingerprint density at radius 1 is 1.00 bits per heavy atom. The number of benzene rings is 3. The highest BCUT2D eigenvalue weighted by molar-refractivity contribution is 6.39. The average molecular weight is 602 g/mol. The molecular formula is C29H29Cl2N3O7. The van der Waals surface area contributed by atoms with E-state index in [0.717, 1.165) is 0 Å². The fraction of sp³-hybridized carbons (Fsp3) is 0.276. The van der Waals surface area contributed by atoms with Gasteiger partial charge >= 0.3 is 12.0 Å². The first kappa shape index (κ1) is 30.0. The Morgan fingerprint density at radius 3 is 2.34 bits per heavy atom. The van der Waals surface area contributed by atoms with Crippen molar-refractivity contribution in [1.29, 1.82) is 0 Å². The third-order valence-corrected chi connectivity index (χ3v) is 7.27. The summed E-state index contributed by atoms with van der Waals surface area (Å²) in [7, 11) is 3.07. The molecule has 1 heterocycles. The van der Waals surface area contributed by atoms with Gasteiger partial charge in [0.25, 0.3) is 0 Å². The minimum atomic E-state index is -1.02. The number of ether oxygens (including phenoxy) is 3. The van der Waals surface area contributed by atoms with Crippen LogP contribution < -0.4 is 20.1 Å². The number of likely N-dealkylation sites (tertiary alicyclic amines) is 1. The van der Waals surface area contributed by atoms with Gasteiger partial charge in [-0.2, -0.15) is 0 Å². The van der Waals surface area contributed by atoms with E-state index in [2.05, 4.69) is 10.6 Å². The van der Waals surface area contributed by atoms with Crippen molar-refractivity contribution in [2.45, 2.75) is 25.0 Å². The fourth-order valence-electron chi connectivity index (χ4n) is 4.50. The van der Waals surface area contributed by atoms with Gasteiger partial charge in [-0.15, -0.1) is 0 Å². The fourth-order valence-corrected chi connectivity index (χ4v) is 5.00. The number of methoxy groups -OCH3 is 2. The summed E-state index contributed by atoms with van der Waals surface area (Å²) in [6, 6.07) is 15.3. The van der Waals surface area contributed by atoms with Crippen molar-refractivity contribution in [3.05, 3.63) is 81.8 Å². The zero-order valence-corrected chi connectivity index (χ0v) is 23.9. The van der Waals surface area contributed by atoms with E-state index in [1.54, 1.807) is 60.5 Å². The maximum Gasteiger partial charge on any atom is 0.335 e. The van der Waals surface area contributed by atoms with Gasteiger partial charge in [0.15, 0.2) is 0 Å². The summed E-state index contributed by atoms with van der Waals surface area (Å²) in [5.41, 5.74) is 1.53. The highest BCUT2D eigenvalue weighted by atomic mass is 35.5. The maximum atomic E-state index is 13.4. The van der Waals surface area contributed by atoms with Gasteiger partial charge in [0, 0.05) is 13.7 Å². The summed E-state index contributed by atoms with van der Waals surface area (Å²) in [5, 5.41) is 15.0. The maximum absolute atomic E-state index is 13.4. The third kappa shape index (κ3) is 7.60. The number of nitrogens with zero attached hydrogens (tertiary/aromatic N) is 1. The summed E-state index contributed by atoms with van der Waals surface area (Å²) >= 11 is 12.3. The van der Waals surface area contributed by atoms with Crippen LogP contribution in [0.3, 0.4) is 0 Å². The summed E-state index contributed by atoms with van der Waals surface area (Å²) in [6.45, 7) is 0.650. The van der Waals surface area contributed by atoms with Crippen LogP contribution in [0.25, 0.3) is 0 Å². The van der Waals surface area contributed by atoms with E-state index in [1.165, 1.54) is 19.2 Å². The quantitative estimate of drug-likeness (QED) is 0.277. The molecule has 216 valence electrons. The third-order valence-electron chi connectivity index (χ3n) is 6.64. The summed E-state index contributed by atoms with van der Waals surface area (Å²) in [5.74, 6) is -0.250. The molecule has 12 heteroatoms. The van der Waals surface area contributed by atoms with Crippen LogP contribution in [0.1, 0.15) is 22.3 Å². The summed E-state index contributed by atoms with van der Waals surface area (Å²) in [4.78, 5) is 38.8. The number of halogens is 2. The second-order valence-electron chi connectivity index (χ2n) is 9.32. The van der Waals surface area contributed by atoms with E-state index in [-0.39, 0.29) is 42.3 Å². The van der Waals surface area contributed by atoms with Crippen LogP contribution in [-0.4, -0.2) is 67.4 Å². The van der Waals surface area contributed by atoms with Gasteiger partial charge in [0.2, 0.25) is 5.91 Å². The highest BCUT2D eigenvalue weighted by Crippen LogP contribution is 2.31. The number of anilines is 2. The number of urea groups is 1. The lowest BCUT2D eigenvalue weighted by atomic mass is 10.1. The Labute approximate surface area is 247 Å². The van der Waals surface area contributed by atoms with E-state index in [4.69, 9.17) is 42.5 Å². The predicted molar refractivity (Wildman–Crippen MR) is 156 cm³/mol. The second kappa shape index (κ2) is 13.6. The molecule has 1 aliphatic rings. The van der Waals surface area contributed by atoms with Crippen molar-refractivity contribution < 1.29 is 33.7 Å². The van der Waals surface area contributed by atoms with Crippen LogP contribution in [0.4, 0.5) is 16.2 Å². The minimum absolute atomic E-state index is 0.0955. The number of nitrogens with one attached hydrogen (secondary N) is 2. The zero-order chi connectivity index (χ0) is 29.5. The number of amides is 3. The van der Waals surface area contributed by atoms with E-state index in [0.29, 0.717) is 45.8 Å². The summed E-state index contributed by atoms with van der Waals surface area (Å²) in [6.07, 6.45) is 0.568. The lowest BCUT2D eigenvalue weighted by Gasteiger charge is -2.25. The molecule has 0 unspecified atom stereocenters. The van der Waals surface area contributed by atoms with Crippen molar-refractivity contribution in [2.24, 2.45) is 0 Å². The van der Waals surface area contributed by atoms with Gasteiger partial charge in [-0.25, -0.2) is 9.59 Å². The Morgan fingerprint density at radius 2 is 1.71 bits per heavy atom. The number of carbonyl (C=O) groups is 3. The SMILES string of the molecule is COc1cc(CC(=O)N2C[C@@H](OC)C[C@H]2COc2ccc(C(=O)O)cc2)ccc1NC(=O)Nc1c(Cl)cccc1Cl. The monoisotopic (exact) mass is 601 g/mol. The van der Waals surface area contributed by atoms with E-state index in [1.807, 2.05) is 0 Å². The summed E-state index contributed by atoms with van der Waals surface area (Å²) < 4.78 is 16.8. The average Bonchev–Trinajstić information content (AvgIpc) is 3.38. The molecule has 3 amide bonds. The lowest BCUT2D eigenvalue weighted by molar-refractivity contribution is -0.132.